The van der Waals surface area contributed by atoms with Crippen molar-refractivity contribution in [1.29, 1.82) is 0 Å². The summed E-state index contributed by atoms with van der Waals surface area (Å²) in [5, 5.41) is 0. The minimum atomic E-state index is 1.14. The Balaban J connectivity index is 0.000000114. The molecule has 4 rings (SSSR count). The number of aryl methyl sites for hydroxylation is 2. The molecule has 98 valence electrons. The van der Waals surface area contributed by atoms with Gasteiger partial charge >= 0.3 is 0 Å². The summed E-state index contributed by atoms with van der Waals surface area (Å²) in [4.78, 5) is 0. The Morgan fingerprint density at radius 2 is 1.00 bits per heavy atom. The molecule has 0 saturated heterocycles. The van der Waals surface area contributed by atoms with Crippen LogP contribution in [0.1, 0.15) is 30.4 Å². The van der Waals surface area contributed by atoms with Gasteiger partial charge in [-0.25, -0.2) is 0 Å². The van der Waals surface area contributed by atoms with Crippen LogP contribution in [-0.4, -0.2) is 0 Å². The molecule has 1 aromatic rings. The predicted molar refractivity (Wildman–Crippen MR) is 84.3 cm³/mol. The summed E-state index contributed by atoms with van der Waals surface area (Å²) in [6.07, 6.45) is 23.0. The molecule has 0 N–H and O–H groups in total. The second-order valence-corrected chi connectivity index (χ2v) is 4.81. The molecule has 0 radical (unpaired) electrons. The Hall–Kier alpha value is -1.82. The molecule has 0 heteroatoms. The van der Waals surface area contributed by atoms with Crippen molar-refractivity contribution in [2.75, 3.05) is 0 Å². The number of benzene rings is 1. The van der Waals surface area contributed by atoms with E-state index in [-0.39, 0.29) is 0 Å². The van der Waals surface area contributed by atoms with Crippen molar-refractivity contribution in [2.45, 2.75) is 32.1 Å². The molecule has 0 heterocycles. The Labute approximate surface area is 116 Å². The van der Waals surface area contributed by atoms with Gasteiger partial charge in [0.05, 0.1) is 0 Å². The quantitative estimate of drug-likeness (QED) is 0.595. The van der Waals surface area contributed by atoms with Crippen LogP contribution >= 0.6 is 0 Å². The minimum Gasteiger partial charge on any atom is -0.0808 e. The molecule has 0 unspecified atom stereocenters. The maximum Gasteiger partial charge on any atom is -0.0163 e. The lowest BCUT2D eigenvalue weighted by atomic mass is 10.1. The number of hydrogen-bond donors (Lipinski definition) is 0. The first kappa shape index (κ1) is 13.6. The highest BCUT2D eigenvalue weighted by Crippen LogP contribution is 2.20. The van der Waals surface area contributed by atoms with Crippen molar-refractivity contribution < 1.29 is 0 Å². The van der Waals surface area contributed by atoms with Gasteiger partial charge in [0.25, 0.3) is 0 Å². The Morgan fingerprint density at radius 3 is 1.32 bits per heavy atom. The van der Waals surface area contributed by atoms with Crippen LogP contribution in [0.5, 0.6) is 0 Å². The van der Waals surface area contributed by atoms with E-state index >= 15 is 0 Å². The zero-order chi connectivity index (χ0) is 13.2. The molecule has 19 heavy (non-hydrogen) atoms. The third-order valence-electron chi connectivity index (χ3n) is 3.32. The zero-order valence-electron chi connectivity index (χ0n) is 11.5. The molecule has 0 nitrogen and oxygen atoms in total. The van der Waals surface area contributed by atoms with Crippen LogP contribution in [0.4, 0.5) is 0 Å². The SMILES string of the molecule is C1=CCC=C1.C1=CCC=C1.c1ccc2c(c1)CCC2. The van der Waals surface area contributed by atoms with Gasteiger partial charge in [-0.15, -0.1) is 0 Å². The van der Waals surface area contributed by atoms with Crippen LogP contribution in [0.25, 0.3) is 0 Å². The van der Waals surface area contributed by atoms with Gasteiger partial charge in [0, 0.05) is 0 Å². The summed E-state index contributed by atoms with van der Waals surface area (Å²) < 4.78 is 0. The molecule has 0 fully saturated rings. The van der Waals surface area contributed by atoms with E-state index in [2.05, 4.69) is 72.9 Å². The molecular weight excluding hydrogens is 228 g/mol. The first-order valence-electron chi connectivity index (χ1n) is 7.17. The summed E-state index contributed by atoms with van der Waals surface area (Å²) in [5.41, 5.74) is 3.13. The minimum absolute atomic E-state index is 1.14. The molecule has 0 saturated carbocycles. The van der Waals surface area contributed by atoms with Gasteiger partial charge in [-0.1, -0.05) is 72.9 Å². The number of allylic oxidation sites excluding steroid dienone is 8. The lowest BCUT2D eigenvalue weighted by molar-refractivity contribution is 0.912. The fraction of sp³-hybridized carbons (Fsp3) is 0.263. The number of rotatable bonds is 0. The van der Waals surface area contributed by atoms with Crippen LogP contribution in [-0.2, 0) is 12.8 Å². The van der Waals surface area contributed by atoms with Gasteiger partial charge in [-0.05, 0) is 43.2 Å². The van der Waals surface area contributed by atoms with Crippen molar-refractivity contribution in [3.8, 4) is 0 Å². The van der Waals surface area contributed by atoms with Crippen molar-refractivity contribution in [3.05, 3.63) is 84.0 Å². The van der Waals surface area contributed by atoms with Crippen molar-refractivity contribution in [1.82, 2.24) is 0 Å². The van der Waals surface area contributed by atoms with E-state index in [1.165, 1.54) is 19.3 Å². The van der Waals surface area contributed by atoms with Gasteiger partial charge in [0.1, 0.15) is 0 Å². The second-order valence-electron chi connectivity index (χ2n) is 4.81. The highest BCUT2D eigenvalue weighted by Gasteiger charge is 2.07. The summed E-state index contributed by atoms with van der Waals surface area (Å²) in [6.45, 7) is 0. The number of fused-ring (bicyclic) bond motifs is 1. The van der Waals surface area contributed by atoms with E-state index < -0.39 is 0 Å². The third-order valence-corrected chi connectivity index (χ3v) is 3.32. The summed E-state index contributed by atoms with van der Waals surface area (Å²) in [5.74, 6) is 0. The highest BCUT2D eigenvalue weighted by atomic mass is 14.1. The highest BCUT2D eigenvalue weighted by molar-refractivity contribution is 5.30. The molecular formula is C19H22. The van der Waals surface area contributed by atoms with E-state index in [0.717, 1.165) is 12.8 Å². The van der Waals surface area contributed by atoms with E-state index in [1.54, 1.807) is 11.1 Å². The fourth-order valence-corrected chi connectivity index (χ4v) is 2.30. The van der Waals surface area contributed by atoms with Gasteiger partial charge in [-0.3, -0.25) is 0 Å². The fourth-order valence-electron chi connectivity index (χ4n) is 2.30. The van der Waals surface area contributed by atoms with Crippen molar-refractivity contribution in [2.24, 2.45) is 0 Å². The van der Waals surface area contributed by atoms with Crippen LogP contribution in [0.2, 0.25) is 0 Å². The molecule has 0 aliphatic heterocycles. The molecule has 1 aromatic carbocycles. The van der Waals surface area contributed by atoms with Gasteiger partial charge < -0.3 is 0 Å². The average molecular weight is 250 g/mol. The van der Waals surface area contributed by atoms with Crippen molar-refractivity contribution >= 4 is 0 Å². The molecule has 0 bridgehead atoms. The molecule has 0 spiro atoms. The van der Waals surface area contributed by atoms with Crippen molar-refractivity contribution in [3.63, 3.8) is 0 Å². The standard InChI is InChI=1S/C9H10.2C5H6/c1-2-5-9-7-3-6-8(9)4-1;2*1-2-4-5-3-1/h1-2,4-5H,3,6-7H2;2*1-4H,5H2. The molecule has 3 aliphatic carbocycles. The first-order chi connectivity index (χ1) is 9.47. The normalized spacial score (nSPS) is 16.6. The van der Waals surface area contributed by atoms with E-state index in [1.807, 2.05) is 0 Å². The smallest absolute Gasteiger partial charge is 0.0163 e. The number of hydrogen-bond acceptors (Lipinski definition) is 0. The third kappa shape index (κ3) is 5.13. The van der Waals surface area contributed by atoms with E-state index in [9.17, 15) is 0 Å². The van der Waals surface area contributed by atoms with Crippen LogP contribution in [0.3, 0.4) is 0 Å². The molecule has 3 aliphatic rings. The van der Waals surface area contributed by atoms with E-state index in [4.69, 9.17) is 0 Å². The summed E-state index contributed by atoms with van der Waals surface area (Å²) in [6, 6.07) is 8.74. The van der Waals surface area contributed by atoms with Crippen LogP contribution < -0.4 is 0 Å². The zero-order valence-corrected chi connectivity index (χ0v) is 11.5. The summed E-state index contributed by atoms with van der Waals surface area (Å²) >= 11 is 0. The Bertz CT molecular complexity index is 422. The Kier molecular flexibility index (Phi) is 5.95. The predicted octanol–water partition coefficient (Wildman–Crippen LogP) is 5.18. The largest absolute Gasteiger partial charge is 0.0808 e. The van der Waals surface area contributed by atoms with Gasteiger partial charge in [-0.2, -0.15) is 0 Å². The topological polar surface area (TPSA) is 0 Å². The van der Waals surface area contributed by atoms with E-state index in [0.29, 0.717) is 0 Å². The molecule has 0 amide bonds. The Morgan fingerprint density at radius 1 is 0.579 bits per heavy atom. The second kappa shape index (κ2) is 8.31. The van der Waals surface area contributed by atoms with Gasteiger partial charge in [0.2, 0.25) is 0 Å². The monoisotopic (exact) mass is 250 g/mol. The lowest BCUT2D eigenvalue weighted by Crippen LogP contribution is -1.77. The van der Waals surface area contributed by atoms with Crippen LogP contribution in [0.15, 0.2) is 72.9 Å². The maximum absolute atomic E-state index is 2.24. The average Bonchev–Trinajstić information content (AvgIpc) is 3.22. The molecule has 0 atom stereocenters. The van der Waals surface area contributed by atoms with Gasteiger partial charge in [0.15, 0.2) is 0 Å². The maximum atomic E-state index is 2.24. The molecule has 0 aromatic heterocycles. The lowest BCUT2D eigenvalue weighted by Gasteiger charge is -1.93. The van der Waals surface area contributed by atoms with Crippen LogP contribution in [0, 0.1) is 0 Å². The first-order valence-corrected chi connectivity index (χ1v) is 7.17. The summed E-state index contributed by atoms with van der Waals surface area (Å²) in [7, 11) is 0.